The molecule has 1 aromatic rings. The van der Waals surface area contributed by atoms with E-state index < -0.39 is 0 Å². The molecular formula is C18H38N4. The summed E-state index contributed by atoms with van der Waals surface area (Å²) in [6.07, 6.45) is 5.57. The number of hydrogen-bond acceptors (Lipinski definition) is 4. The van der Waals surface area contributed by atoms with Crippen LogP contribution in [0.3, 0.4) is 0 Å². The van der Waals surface area contributed by atoms with Crippen molar-refractivity contribution in [2.24, 2.45) is 17.4 Å². The van der Waals surface area contributed by atoms with Crippen molar-refractivity contribution in [1.82, 2.24) is 4.98 Å². The first kappa shape index (κ1) is 22.6. The van der Waals surface area contributed by atoms with Gasteiger partial charge in [0.25, 0.3) is 0 Å². The minimum atomic E-state index is 0. The van der Waals surface area contributed by atoms with E-state index in [1.165, 1.54) is 18.2 Å². The molecule has 0 saturated heterocycles. The van der Waals surface area contributed by atoms with Crippen molar-refractivity contribution < 1.29 is 2.85 Å². The van der Waals surface area contributed by atoms with Crippen LogP contribution in [0.5, 0.6) is 0 Å². The Bertz CT molecular complexity index is 472. The quantitative estimate of drug-likeness (QED) is 0.726. The Morgan fingerprint density at radius 1 is 1.36 bits per heavy atom. The van der Waals surface area contributed by atoms with Gasteiger partial charge in [0.2, 0.25) is 0 Å². The molecule has 0 bridgehead atoms. The highest BCUT2D eigenvalue weighted by molar-refractivity contribution is 5.96. The highest BCUT2D eigenvalue weighted by Crippen LogP contribution is 2.06. The number of aryl methyl sites for hydroxylation is 3. The van der Waals surface area contributed by atoms with Gasteiger partial charge in [0.15, 0.2) is 0 Å². The summed E-state index contributed by atoms with van der Waals surface area (Å²) in [7, 11) is 1.50. The Labute approximate surface area is 139 Å². The van der Waals surface area contributed by atoms with Crippen molar-refractivity contribution in [3.8, 4) is 0 Å². The maximum atomic E-state index is 7.43. The van der Waals surface area contributed by atoms with Gasteiger partial charge in [0.1, 0.15) is 0 Å². The third-order valence-electron chi connectivity index (χ3n) is 3.08. The van der Waals surface area contributed by atoms with Crippen LogP contribution < -0.4 is 11.5 Å². The summed E-state index contributed by atoms with van der Waals surface area (Å²) in [5.74, 6) is 0.519. The third-order valence-corrected chi connectivity index (χ3v) is 3.08. The lowest BCUT2D eigenvalue weighted by Gasteiger charge is -2.05. The third kappa shape index (κ3) is 10.1. The summed E-state index contributed by atoms with van der Waals surface area (Å²) in [4.78, 5) is 4.25. The molecule has 1 aromatic heterocycles. The first-order valence-electron chi connectivity index (χ1n) is 7.81. The second-order valence-corrected chi connectivity index (χ2v) is 5.42. The molecule has 1 heterocycles. The molecule has 0 aliphatic carbocycles. The van der Waals surface area contributed by atoms with Crippen LogP contribution in [-0.4, -0.2) is 17.7 Å². The molecule has 0 amide bonds. The number of aromatic nitrogens is 1. The molecule has 0 unspecified atom stereocenters. The minimum Gasteiger partial charge on any atom is -0.398 e. The summed E-state index contributed by atoms with van der Waals surface area (Å²) < 4.78 is 0. The van der Waals surface area contributed by atoms with Gasteiger partial charge in [-0.3, -0.25) is 4.98 Å². The van der Waals surface area contributed by atoms with E-state index >= 15 is 0 Å². The van der Waals surface area contributed by atoms with E-state index in [-0.39, 0.29) is 2.85 Å². The lowest BCUT2D eigenvalue weighted by atomic mass is 10.0. The fraction of sp³-hybridized carbons (Fsp3) is 0.556. The number of allylic oxidation sites excluding steroid dienone is 2. The highest BCUT2D eigenvalue weighted by Gasteiger charge is 2.01. The second kappa shape index (κ2) is 13.0. The Balaban J connectivity index is -0.000000140. The van der Waals surface area contributed by atoms with Crippen molar-refractivity contribution in [2.75, 3.05) is 7.05 Å². The minimum absolute atomic E-state index is 0. The van der Waals surface area contributed by atoms with Crippen LogP contribution in [0.4, 0.5) is 0 Å². The Morgan fingerprint density at radius 2 is 1.91 bits per heavy atom. The summed E-state index contributed by atoms with van der Waals surface area (Å²) in [6.45, 7) is 12.3. The average molecular weight is 311 g/mol. The van der Waals surface area contributed by atoms with Crippen molar-refractivity contribution in [1.29, 1.82) is 5.41 Å². The molecule has 0 saturated carbocycles. The predicted octanol–water partition coefficient (Wildman–Crippen LogP) is 4.24. The van der Waals surface area contributed by atoms with Crippen molar-refractivity contribution in [2.45, 2.75) is 54.4 Å². The predicted molar refractivity (Wildman–Crippen MR) is 103 cm³/mol. The largest absolute Gasteiger partial charge is 0.398 e. The number of nitrogens with zero attached hydrogens (tertiary/aromatic N) is 1. The van der Waals surface area contributed by atoms with E-state index in [2.05, 4.69) is 44.5 Å². The number of rotatable bonds is 4. The van der Waals surface area contributed by atoms with E-state index in [4.69, 9.17) is 11.1 Å². The molecular weight excluding hydrogens is 272 g/mol. The first-order chi connectivity index (χ1) is 10.3. The molecule has 0 aromatic carbocycles. The molecule has 1 rings (SSSR count). The molecule has 4 nitrogen and oxygen atoms in total. The standard InChI is InChI=1S/C9H13N.C8H16N2.CH5N.2H2/c1-4-9-5-7(2)8(3)10-6-9;1-4-7(9)8(10)5-6(2)3;1-2;;/h5-6H,4H2,1-3H3;4,6,10H,5,9H2,1-3H3;2H2,1H3;2*1H/b;7-4-,10-8?;;;. The van der Waals surface area contributed by atoms with E-state index in [0.717, 1.165) is 18.5 Å². The smallest absolute Gasteiger partial charge is 0.0542 e. The van der Waals surface area contributed by atoms with E-state index in [1.807, 2.05) is 20.0 Å². The van der Waals surface area contributed by atoms with Gasteiger partial charge in [-0.15, -0.1) is 0 Å². The molecule has 0 aliphatic heterocycles. The Hall–Kier alpha value is -1.68. The van der Waals surface area contributed by atoms with Gasteiger partial charge in [-0.2, -0.15) is 0 Å². The first-order valence-corrected chi connectivity index (χ1v) is 7.81. The Morgan fingerprint density at radius 3 is 2.27 bits per heavy atom. The molecule has 0 radical (unpaired) electrons. The summed E-state index contributed by atoms with van der Waals surface area (Å²) in [6, 6.07) is 2.20. The molecule has 0 aliphatic rings. The van der Waals surface area contributed by atoms with Crippen LogP contribution in [0, 0.1) is 25.2 Å². The van der Waals surface area contributed by atoms with Crippen LogP contribution in [0.15, 0.2) is 24.0 Å². The number of hydrogen-bond donors (Lipinski definition) is 3. The van der Waals surface area contributed by atoms with Crippen LogP contribution in [0.2, 0.25) is 0 Å². The van der Waals surface area contributed by atoms with Gasteiger partial charge >= 0.3 is 0 Å². The summed E-state index contributed by atoms with van der Waals surface area (Å²) in [5, 5.41) is 7.43. The van der Waals surface area contributed by atoms with Crippen LogP contribution >= 0.6 is 0 Å². The molecule has 0 atom stereocenters. The highest BCUT2D eigenvalue weighted by atomic mass is 14.7. The van der Waals surface area contributed by atoms with Crippen LogP contribution in [0.25, 0.3) is 0 Å². The van der Waals surface area contributed by atoms with Gasteiger partial charge in [-0.05, 0) is 57.7 Å². The molecule has 22 heavy (non-hydrogen) atoms. The maximum absolute atomic E-state index is 7.43. The lowest BCUT2D eigenvalue weighted by molar-refractivity contribution is 0.681. The van der Waals surface area contributed by atoms with E-state index in [0.29, 0.717) is 17.3 Å². The zero-order valence-electron chi connectivity index (χ0n) is 15.3. The van der Waals surface area contributed by atoms with Gasteiger partial charge < -0.3 is 16.9 Å². The lowest BCUT2D eigenvalue weighted by Crippen LogP contribution is -2.12. The average Bonchev–Trinajstić information content (AvgIpc) is 2.51. The van der Waals surface area contributed by atoms with Crippen LogP contribution in [-0.2, 0) is 6.42 Å². The van der Waals surface area contributed by atoms with E-state index in [1.54, 1.807) is 6.08 Å². The topological polar surface area (TPSA) is 88.8 Å². The maximum Gasteiger partial charge on any atom is 0.0542 e. The fourth-order valence-electron chi connectivity index (χ4n) is 1.60. The fourth-order valence-corrected chi connectivity index (χ4v) is 1.60. The van der Waals surface area contributed by atoms with Gasteiger partial charge in [-0.25, -0.2) is 0 Å². The van der Waals surface area contributed by atoms with Crippen molar-refractivity contribution >= 4 is 5.71 Å². The molecule has 4 heteroatoms. The Kier molecular flexibility index (Phi) is 13.4. The molecule has 130 valence electrons. The summed E-state index contributed by atoms with van der Waals surface area (Å²) in [5.41, 5.74) is 14.9. The molecule has 0 fully saturated rings. The number of nitrogens with one attached hydrogen (secondary N) is 1. The normalized spacial score (nSPS) is 10.3. The molecule has 5 N–H and O–H groups in total. The second-order valence-electron chi connectivity index (χ2n) is 5.42. The monoisotopic (exact) mass is 310 g/mol. The van der Waals surface area contributed by atoms with Gasteiger partial charge in [0, 0.05) is 20.4 Å². The van der Waals surface area contributed by atoms with Crippen LogP contribution in [0.1, 0.15) is 53.8 Å². The number of nitrogens with two attached hydrogens (primary N) is 2. The van der Waals surface area contributed by atoms with Gasteiger partial charge in [-0.1, -0.05) is 32.9 Å². The number of pyridine rings is 1. The zero-order valence-corrected chi connectivity index (χ0v) is 15.3. The SMILES string of the molecule is C/C=C(\N)C(=N)CC(C)C.CCc1cnc(C)c(C)c1.CN.[HH].[HH]. The van der Waals surface area contributed by atoms with Crippen molar-refractivity contribution in [3.63, 3.8) is 0 Å². The van der Waals surface area contributed by atoms with Gasteiger partial charge in [0.05, 0.1) is 5.71 Å². The van der Waals surface area contributed by atoms with Crippen molar-refractivity contribution in [3.05, 3.63) is 40.9 Å². The summed E-state index contributed by atoms with van der Waals surface area (Å²) >= 11 is 0. The zero-order chi connectivity index (χ0) is 17.7. The molecule has 0 spiro atoms. The van der Waals surface area contributed by atoms with E-state index in [9.17, 15) is 0 Å².